The van der Waals surface area contributed by atoms with Gasteiger partial charge in [-0.3, -0.25) is 0 Å². The Kier molecular flexibility index (Phi) is 4.93. The molecule has 0 aliphatic carbocycles. The number of aromatic nitrogens is 2. The maximum absolute atomic E-state index is 12.5. The SMILES string of the molecule is Cc1nc(NC(C)C)cc(N2CCc3ccc(OC(F)(F)F)cc3C2)n1. The number of rotatable bonds is 4. The molecule has 1 aromatic heterocycles. The molecular weight excluding hydrogens is 345 g/mol. The van der Waals surface area contributed by atoms with Gasteiger partial charge in [0.05, 0.1) is 0 Å². The van der Waals surface area contributed by atoms with Gasteiger partial charge in [-0.1, -0.05) is 6.07 Å². The minimum Gasteiger partial charge on any atom is -0.406 e. The molecule has 0 spiro atoms. The molecule has 0 saturated carbocycles. The molecule has 0 atom stereocenters. The fourth-order valence-corrected chi connectivity index (χ4v) is 3.01. The number of ether oxygens (including phenoxy) is 1. The topological polar surface area (TPSA) is 50.3 Å². The lowest BCUT2D eigenvalue weighted by Gasteiger charge is -2.30. The number of benzene rings is 1. The summed E-state index contributed by atoms with van der Waals surface area (Å²) in [6, 6.07) is 6.62. The number of nitrogens with zero attached hydrogens (tertiary/aromatic N) is 3. The molecule has 0 amide bonds. The zero-order chi connectivity index (χ0) is 18.9. The number of alkyl halides is 3. The number of fused-ring (bicyclic) bond motifs is 1. The first-order valence-corrected chi connectivity index (χ1v) is 8.44. The van der Waals surface area contributed by atoms with E-state index in [1.807, 2.05) is 31.7 Å². The molecule has 5 nitrogen and oxygen atoms in total. The second-order valence-corrected chi connectivity index (χ2v) is 6.61. The average Bonchev–Trinajstić information content (AvgIpc) is 2.51. The average molecular weight is 366 g/mol. The van der Waals surface area contributed by atoms with Gasteiger partial charge in [0.25, 0.3) is 0 Å². The Bertz CT molecular complexity index is 792. The Morgan fingerprint density at radius 3 is 2.62 bits per heavy atom. The fraction of sp³-hybridized carbons (Fsp3) is 0.444. The molecule has 0 unspecified atom stereocenters. The molecule has 0 radical (unpaired) electrons. The number of nitrogens with one attached hydrogen (secondary N) is 1. The molecule has 0 bridgehead atoms. The summed E-state index contributed by atoms with van der Waals surface area (Å²) in [5.41, 5.74) is 1.84. The summed E-state index contributed by atoms with van der Waals surface area (Å²) in [6.45, 7) is 7.08. The van der Waals surface area contributed by atoms with E-state index in [4.69, 9.17) is 0 Å². The molecule has 3 rings (SSSR count). The van der Waals surface area contributed by atoms with Gasteiger partial charge in [-0.2, -0.15) is 0 Å². The largest absolute Gasteiger partial charge is 0.573 e. The molecule has 2 heterocycles. The molecule has 0 saturated heterocycles. The van der Waals surface area contributed by atoms with Crippen LogP contribution in [0.5, 0.6) is 5.75 Å². The van der Waals surface area contributed by atoms with Crippen molar-refractivity contribution in [1.82, 2.24) is 9.97 Å². The van der Waals surface area contributed by atoms with Crippen LogP contribution >= 0.6 is 0 Å². The molecule has 0 fully saturated rings. The molecule has 2 aromatic rings. The van der Waals surface area contributed by atoms with Gasteiger partial charge in [-0.15, -0.1) is 13.2 Å². The highest BCUT2D eigenvalue weighted by atomic mass is 19.4. The van der Waals surface area contributed by atoms with Crippen LogP contribution < -0.4 is 15.0 Å². The minimum absolute atomic E-state index is 0.195. The van der Waals surface area contributed by atoms with Crippen LogP contribution in [0, 0.1) is 6.92 Å². The van der Waals surface area contributed by atoms with Gasteiger partial charge < -0.3 is 15.0 Å². The van der Waals surface area contributed by atoms with E-state index in [1.165, 1.54) is 12.1 Å². The predicted molar refractivity (Wildman–Crippen MR) is 93.4 cm³/mol. The quantitative estimate of drug-likeness (QED) is 0.884. The molecule has 1 N–H and O–H groups in total. The second kappa shape index (κ2) is 7.01. The van der Waals surface area contributed by atoms with Gasteiger partial charge in [0.15, 0.2) is 0 Å². The third-order valence-corrected chi connectivity index (χ3v) is 4.01. The Hall–Kier alpha value is -2.51. The first kappa shape index (κ1) is 18.3. The third kappa shape index (κ3) is 4.56. The van der Waals surface area contributed by atoms with Gasteiger partial charge in [0.1, 0.15) is 23.2 Å². The monoisotopic (exact) mass is 366 g/mol. The van der Waals surface area contributed by atoms with E-state index in [0.717, 1.165) is 35.7 Å². The zero-order valence-electron chi connectivity index (χ0n) is 14.9. The number of aryl methyl sites for hydroxylation is 1. The van der Waals surface area contributed by atoms with E-state index >= 15 is 0 Å². The van der Waals surface area contributed by atoms with Crippen molar-refractivity contribution in [2.24, 2.45) is 0 Å². The van der Waals surface area contributed by atoms with E-state index in [1.54, 1.807) is 6.07 Å². The predicted octanol–water partition coefficient (Wildman–Crippen LogP) is 4.07. The van der Waals surface area contributed by atoms with Crippen molar-refractivity contribution in [3.63, 3.8) is 0 Å². The fourth-order valence-electron chi connectivity index (χ4n) is 3.01. The van der Waals surface area contributed by atoms with Gasteiger partial charge in [-0.25, -0.2) is 9.97 Å². The lowest BCUT2D eigenvalue weighted by atomic mass is 9.99. The van der Waals surface area contributed by atoms with Crippen molar-refractivity contribution in [1.29, 1.82) is 0 Å². The Balaban J connectivity index is 1.83. The van der Waals surface area contributed by atoms with Gasteiger partial charge in [-0.05, 0) is 50.5 Å². The summed E-state index contributed by atoms with van der Waals surface area (Å²) in [5, 5.41) is 3.26. The van der Waals surface area contributed by atoms with Crippen LogP contribution in [0.2, 0.25) is 0 Å². The molecule has 8 heteroatoms. The van der Waals surface area contributed by atoms with Crippen molar-refractivity contribution in [3.8, 4) is 5.75 Å². The van der Waals surface area contributed by atoms with E-state index in [2.05, 4.69) is 20.0 Å². The molecule has 1 aliphatic heterocycles. The molecule has 1 aromatic carbocycles. The maximum Gasteiger partial charge on any atom is 0.573 e. The molecule has 140 valence electrons. The zero-order valence-corrected chi connectivity index (χ0v) is 14.9. The van der Waals surface area contributed by atoms with Gasteiger partial charge >= 0.3 is 6.36 Å². The van der Waals surface area contributed by atoms with Crippen LogP contribution in [-0.4, -0.2) is 28.9 Å². The van der Waals surface area contributed by atoms with E-state index in [9.17, 15) is 13.2 Å². The standard InChI is InChI=1S/C18H21F3N4O/c1-11(2)22-16-9-17(24-12(3)23-16)25-7-6-13-4-5-15(8-14(13)10-25)26-18(19,20)21/h4-5,8-9,11H,6-7,10H2,1-3H3,(H,22,23,24). The van der Waals surface area contributed by atoms with Crippen molar-refractivity contribution >= 4 is 11.6 Å². The number of halogens is 3. The van der Waals surface area contributed by atoms with Crippen LogP contribution in [0.3, 0.4) is 0 Å². The summed E-state index contributed by atoms with van der Waals surface area (Å²) in [7, 11) is 0. The van der Waals surface area contributed by atoms with Gasteiger partial charge in [0.2, 0.25) is 0 Å². The maximum atomic E-state index is 12.5. The summed E-state index contributed by atoms with van der Waals surface area (Å²) in [4.78, 5) is 10.9. The lowest BCUT2D eigenvalue weighted by molar-refractivity contribution is -0.274. The highest BCUT2D eigenvalue weighted by Gasteiger charge is 2.31. The normalized spacial score (nSPS) is 14.3. The summed E-state index contributed by atoms with van der Waals surface area (Å²) < 4.78 is 41.4. The summed E-state index contributed by atoms with van der Waals surface area (Å²) in [6.07, 6.45) is -3.96. The lowest BCUT2D eigenvalue weighted by Crippen LogP contribution is -2.31. The summed E-state index contributed by atoms with van der Waals surface area (Å²) in [5.74, 6) is 1.95. The van der Waals surface area contributed by atoms with E-state index < -0.39 is 6.36 Å². The van der Waals surface area contributed by atoms with Crippen LogP contribution in [0.15, 0.2) is 24.3 Å². The second-order valence-electron chi connectivity index (χ2n) is 6.61. The smallest absolute Gasteiger partial charge is 0.406 e. The third-order valence-electron chi connectivity index (χ3n) is 4.01. The summed E-state index contributed by atoms with van der Waals surface area (Å²) >= 11 is 0. The van der Waals surface area contributed by atoms with Crippen molar-refractivity contribution in [3.05, 3.63) is 41.2 Å². The molecular formula is C18H21F3N4O. The number of hydrogen-bond acceptors (Lipinski definition) is 5. The van der Waals surface area contributed by atoms with Crippen LogP contribution in [-0.2, 0) is 13.0 Å². The van der Waals surface area contributed by atoms with Crippen molar-refractivity contribution in [2.45, 2.75) is 46.1 Å². The van der Waals surface area contributed by atoms with E-state index in [0.29, 0.717) is 12.4 Å². The van der Waals surface area contributed by atoms with Crippen LogP contribution in [0.25, 0.3) is 0 Å². The Morgan fingerprint density at radius 2 is 1.92 bits per heavy atom. The minimum atomic E-state index is -4.69. The first-order valence-electron chi connectivity index (χ1n) is 8.44. The Labute approximate surface area is 150 Å². The van der Waals surface area contributed by atoms with Crippen LogP contribution in [0.4, 0.5) is 24.8 Å². The van der Waals surface area contributed by atoms with Gasteiger partial charge in [0, 0.05) is 25.2 Å². The molecule has 1 aliphatic rings. The number of anilines is 2. The molecule has 26 heavy (non-hydrogen) atoms. The van der Waals surface area contributed by atoms with Crippen LogP contribution in [0.1, 0.15) is 30.8 Å². The van der Waals surface area contributed by atoms with Crippen molar-refractivity contribution in [2.75, 3.05) is 16.8 Å². The highest BCUT2D eigenvalue weighted by Crippen LogP contribution is 2.30. The first-order chi connectivity index (χ1) is 12.2. The van der Waals surface area contributed by atoms with E-state index in [-0.39, 0.29) is 11.8 Å². The highest BCUT2D eigenvalue weighted by molar-refractivity contribution is 5.52. The Morgan fingerprint density at radius 1 is 1.15 bits per heavy atom. The van der Waals surface area contributed by atoms with Crippen molar-refractivity contribution < 1.29 is 17.9 Å². The number of hydrogen-bond donors (Lipinski definition) is 1.